The minimum atomic E-state index is -0.872. The molecule has 0 amide bonds. The highest BCUT2D eigenvalue weighted by molar-refractivity contribution is 6.13. The maximum absolute atomic E-state index is 11.2. The molecule has 0 aromatic rings. The van der Waals surface area contributed by atoms with Gasteiger partial charge in [-0.25, -0.2) is 9.59 Å². The fourth-order valence-electron chi connectivity index (χ4n) is 0.690. The molecule has 0 aliphatic heterocycles. The maximum atomic E-state index is 11.2. The largest absolute Gasteiger partial charge is 0.462 e. The second-order valence-corrected chi connectivity index (χ2v) is 2.19. The number of hydrogen-bond donors (Lipinski definition) is 0. The van der Waals surface area contributed by atoms with Crippen molar-refractivity contribution < 1.29 is 19.1 Å². The number of carbonyl (C=O) groups excluding carboxylic acids is 2. The van der Waals surface area contributed by atoms with E-state index in [0.717, 1.165) is 6.20 Å². The minimum absolute atomic E-state index is 0.117. The van der Waals surface area contributed by atoms with Crippen molar-refractivity contribution in [1.82, 2.24) is 0 Å². The van der Waals surface area contributed by atoms with E-state index >= 15 is 0 Å². The van der Waals surface area contributed by atoms with Crippen molar-refractivity contribution in [2.75, 3.05) is 13.2 Å². The van der Waals surface area contributed by atoms with Crippen molar-refractivity contribution in [2.24, 2.45) is 5.11 Å². The number of esters is 2. The van der Waals surface area contributed by atoms with E-state index in [1.54, 1.807) is 13.8 Å². The van der Waals surface area contributed by atoms with Crippen molar-refractivity contribution >= 4 is 11.9 Å². The fraction of sp³-hybridized carbons (Fsp3) is 0.500. The van der Waals surface area contributed by atoms with Crippen LogP contribution < -0.4 is 0 Å². The van der Waals surface area contributed by atoms with E-state index in [0.29, 0.717) is 0 Å². The third-order valence-corrected chi connectivity index (χ3v) is 1.23. The van der Waals surface area contributed by atoms with Crippen LogP contribution in [0, 0.1) is 0 Å². The molecule has 0 aliphatic carbocycles. The Morgan fingerprint density at radius 3 is 2.07 bits per heavy atom. The van der Waals surface area contributed by atoms with Gasteiger partial charge in [0.1, 0.15) is 5.57 Å². The van der Waals surface area contributed by atoms with Crippen LogP contribution in [0.25, 0.3) is 10.4 Å². The summed E-state index contributed by atoms with van der Waals surface area (Å²) in [6.07, 6.45) is 0.774. The predicted molar refractivity (Wildman–Crippen MR) is 50.5 cm³/mol. The van der Waals surface area contributed by atoms with Crippen LogP contribution >= 0.6 is 0 Å². The van der Waals surface area contributed by atoms with Crippen molar-refractivity contribution in [1.29, 1.82) is 0 Å². The standard InChI is InChI=1S/C8H11N3O4/c1-3-14-7(12)6(5-10-11-9)8(13)15-4-2/h5H,3-4H2,1-2H3. The van der Waals surface area contributed by atoms with E-state index in [4.69, 9.17) is 5.53 Å². The van der Waals surface area contributed by atoms with E-state index in [1.165, 1.54) is 0 Å². The zero-order chi connectivity index (χ0) is 11.7. The molecule has 0 atom stereocenters. The van der Waals surface area contributed by atoms with Crippen LogP contribution in [-0.2, 0) is 19.1 Å². The predicted octanol–water partition coefficient (Wildman–Crippen LogP) is 1.31. The molecule has 15 heavy (non-hydrogen) atoms. The number of rotatable bonds is 5. The topological polar surface area (TPSA) is 101 Å². The van der Waals surface area contributed by atoms with Gasteiger partial charge in [-0.2, -0.15) is 0 Å². The first-order chi connectivity index (χ1) is 7.17. The third-order valence-electron chi connectivity index (χ3n) is 1.23. The summed E-state index contributed by atoms with van der Waals surface area (Å²) >= 11 is 0. The molecule has 7 heteroatoms. The summed E-state index contributed by atoms with van der Waals surface area (Å²) < 4.78 is 9.15. The molecule has 0 saturated carbocycles. The maximum Gasteiger partial charge on any atom is 0.345 e. The van der Waals surface area contributed by atoms with Crippen LogP contribution in [0.15, 0.2) is 16.9 Å². The first kappa shape index (κ1) is 13.0. The van der Waals surface area contributed by atoms with Crippen molar-refractivity contribution in [3.8, 4) is 0 Å². The molecular weight excluding hydrogens is 202 g/mol. The monoisotopic (exact) mass is 213 g/mol. The van der Waals surface area contributed by atoms with Gasteiger partial charge < -0.3 is 9.47 Å². The highest BCUT2D eigenvalue weighted by Gasteiger charge is 2.19. The molecule has 82 valence electrons. The summed E-state index contributed by atoms with van der Waals surface area (Å²) in [5, 5.41) is 3.00. The summed E-state index contributed by atoms with van der Waals surface area (Å²) in [5.74, 6) is -1.74. The number of ether oxygens (including phenoxy) is 2. The molecule has 0 spiro atoms. The lowest BCUT2D eigenvalue weighted by atomic mass is 10.3. The molecule has 0 heterocycles. The molecule has 0 aliphatic rings. The second kappa shape index (κ2) is 7.40. The van der Waals surface area contributed by atoms with E-state index < -0.39 is 17.5 Å². The number of hydrogen-bond acceptors (Lipinski definition) is 5. The lowest BCUT2D eigenvalue weighted by Gasteiger charge is -2.04. The second-order valence-electron chi connectivity index (χ2n) is 2.19. The van der Waals surface area contributed by atoms with Gasteiger partial charge in [-0.05, 0) is 19.4 Å². The van der Waals surface area contributed by atoms with Crippen molar-refractivity contribution in [3.63, 3.8) is 0 Å². The summed E-state index contributed by atoms with van der Waals surface area (Å²) in [7, 11) is 0. The van der Waals surface area contributed by atoms with Gasteiger partial charge in [0.25, 0.3) is 0 Å². The zero-order valence-electron chi connectivity index (χ0n) is 8.47. The third kappa shape index (κ3) is 4.68. The molecule has 0 fully saturated rings. The molecule has 7 nitrogen and oxygen atoms in total. The number of azide groups is 1. The smallest absolute Gasteiger partial charge is 0.345 e. The van der Waals surface area contributed by atoms with Gasteiger partial charge in [0.15, 0.2) is 0 Å². The van der Waals surface area contributed by atoms with Gasteiger partial charge in [-0.3, -0.25) is 0 Å². The van der Waals surface area contributed by atoms with Crippen LogP contribution in [0.4, 0.5) is 0 Å². The van der Waals surface area contributed by atoms with Gasteiger partial charge in [0.2, 0.25) is 0 Å². The molecule has 0 aromatic heterocycles. The minimum Gasteiger partial charge on any atom is -0.462 e. The van der Waals surface area contributed by atoms with Gasteiger partial charge >= 0.3 is 11.9 Å². The van der Waals surface area contributed by atoms with Crippen LogP contribution in [0.2, 0.25) is 0 Å². The Morgan fingerprint density at radius 2 is 1.73 bits per heavy atom. The van der Waals surface area contributed by atoms with Gasteiger partial charge in [-0.1, -0.05) is 5.11 Å². The van der Waals surface area contributed by atoms with Crippen LogP contribution in [0.3, 0.4) is 0 Å². The molecule has 0 radical (unpaired) electrons. The fourth-order valence-corrected chi connectivity index (χ4v) is 0.690. The number of nitrogens with zero attached hydrogens (tertiary/aromatic N) is 3. The summed E-state index contributed by atoms with van der Waals surface area (Å²) in [6, 6.07) is 0. The SMILES string of the molecule is CCOC(=O)C(=CN=[N+]=[N-])C(=O)OCC. The van der Waals surface area contributed by atoms with E-state index in [1.807, 2.05) is 0 Å². The Kier molecular flexibility index (Phi) is 6.41. The van der Waals surface area contributed by atoms with Crippen LogP contribution in [-0.4, -0.2) is 25.2 Å². The van der Waals surface area contributed by atoms with Crippen molar-refractivity contribution in [3.05, 3.63) is 22.2 Å². The molecule has 0 rings (SSSR count). The normalized spacial score (nSPS) is 8.40. The van der Waals surface area contributed by atoms with E-state index in [9.17, 15) is 9.59 Å². The Hall–Kier alpha value is -2.01. The molecule has 0 saturated heterocycles. The van der Waals surface area contributed by atoms with Gasteiger partial charge in [0.05, 0.1) is 13.2 Å². The summed E-state index contributed by atoms with van der Waals surface area (Å²) in [5.41, 5.74) is 7.63. The van der Waals surface area contributed by atoms with Gasteiger partial charge in [0, 0.05) is 11.1 Å². The average molecular weight is 213 g/mol. The number of carbonyl (C=O) groups is 2. The first-order valence-electron chi connectivity index (χ1n) is 4.25. The Labute approximate surface area is 86.3 Å². The molecule has 0 aromatic carbocycles. The molecule has 0 unspecified atom stereocenters. The van der Waals surface area contributed by atoms with E-state index in [-0.39, 0.29) is 13.2 Å². The summed E-state index contributed by atoms with van der Waals surface area (Å²) in [6.45, 7) is 3.42. The molecular formula is C8H11N3O4. The highest BCUT2D eigenvalue weighted by Crippen LogP contribution is 2.02. The molecule has 0 N–H and O–H groups in total. The van der Waals surface area contributed by atoms with Gasteiger partial charge in [-0.15, -0.1) is 0 Å². The zero-order valence-corrected chi connectivity index (χ0v) is 8.47. The lowest BCUT2D eigenvalue weighted by molar-refractivity contribution is -0.146. The highest BCUT2D eigenvalue weighted by atomic mass is 16.6. The molecule has 0 bridgehead atoms. The average Bonchev–Trinajstić information content (AvgIpc) is 2.19. The van der Waals surface area contributed by atoms with E-state index in [2.05, 4.69) is 19.5 Å². The Morgan fingerprint density at radius 1 is 1.27 bits per heavy atom. The van der Waals surface area contributed by atoms with Crippen LogP contribution in [0.1, 0.15) is 13.8 Å². The lowest BCUT2D eigenvalue weighted by Crippen LogP contribution is -2.18. The quantitative estimate of drug-likeness (QED) is 0.131. The first-order valence-corrected chi connectivity index (χ1v) is 4.25. The van der Waals surface area contributed by atoms with Crippen LogP contribution in [0.5, 0.6) is 0 Å². The Balaban J connectivity index is 4.80. The van der Waals surface area contributed by atoms with Crippen molar-refractivity contribution in [2.45, 2.75) is 13.8 Å². The Bertz CT molecular complexity index is 298. The summed E-state index contributed by atoms with van der Waals surface area (Å²) in [4.78, 5) is 24.8.